The predicted octanol–water partition coefficient (Wildman–Crippen LogP) is 0.618. The number of nitrogens with one attached hydrogen (secondary N) is 1. The van der Waals surface area contributed by atoms with Crippen LogP contribution in [0.4, 0.5) is 0 Å². The summed E-state index contributed by atoms with van der Waals surface area (Å²) in [6.07, 6.45) is -1.62. The molecule has 0 aromatic rings. The van der Waals surface area contributed by atoms with Crippen molar-refractivity contribution in [1.29, 1.82) is 0 Å². The molecule has 2 radical (unpaired) electrons. The Kier molecular flexibility index (Phi) is 7.99. The van der Waals surface area contributed by atoms with E-state index in [1.54, 1.807) is 13.8 Å². The lowest BCUT2D eigenvalue weighted by atomic mass is 9.87. The molecule has 2 atom stereocenters. The molecule has 0 saturated heterocycles. The lowest BCUT2D eigenvalue weighted by molar-refractivity contribution is -0.136. The first-order valence-electron chi connectivity index (χ1n) is 6.33. The fourth-order valence-corrected chi connectivity index (χ4v) is 2.36. The van der Waals surface area contributed by atoms with Crippen LogP contribution in [0.25, 0.3) is 0 Å². The first kappa shape index (κ1) is 19.6. The molecule has 0 aliphatic heterocycles. The van der Waals surface area contributed by atoms with E-state index in [2.05, 4.69) is 5.32 Å². The van der Waals surface area contributed by atoms with Gasteiger partial charge in [-0.15, -0.1) is 0 Å². The number of hydrogen-bond donors (Lipinski definition) is 3. The van der Waals surface area contributed by atoms with E-state index in [1.165, 1.54) is 13.8 Å². The van der Waals surface area contributed by atoms with Crippen LogP contribution in [0, 0.1) is 5.41 Å². The van der Waals surface area contributed by atoms with Gasteiger partial charge in [0.15, 0.2) is 0 Å². The van der Waals surface area contributed by atoms with Crippen molar-refractivity contribution in [2.45, 2.75) is 46.2 Å². The summed E-state index contributed by atoms with van der Waals surface area (Å²) >= 11 is 0. The second-order valence-corrected chi connectivity index (χ2v) is 6.77. The fourth-order valence-electron chi connectivity index (χ4n) is 1.27. The molecule has 1 amide bonds. The van der Waals surface area contributed by atoms with Crippen LogP contribution in [-0.2, 0) is 18.4 Å². The number of carbonyl (C=O) groups is 1. The molecule has 2 unspecified atom stereocenters. The Morgan fingerprint density at radius 2 is 2.00 bits per heavy atom. The van der Waals surface area contributed by atoms with Crippen LogP contribution < -0.4 is 5.32 Å². The molecule has 0 aromatic heterocycles. The molecule has 3 N–H and O–H groups in total. The average molecular weight is 307 g/mol. The number of aliphatic hydroxyl groups excluding tert-OH is 1. The van der Waals surface area contributed by atoms with E-state index in [0.29, 0.717) is 0 Å². The zero-order chi connectivity index (χ0) is 16.0. The van der Waals surface area contributed by atoms with Gasteiger partial charge in [0, 0.05) is 12.0 Å². The normalized spacial score (nSPS) is 16.8. The van der Waals surface area contributed by atoms with Crippen molar-refractivity contribution in [2.75, 3.05) is 13.2 Å². The summed E-state index contributed by atoms with van der Waals surface area (Å²) in [5, 5.41) is 12.3. The maximum atomic E-state index is 11.6. The number of phosphoric ester groups is 1. The minimum atomic E-state index is -4.20. The van der Waals surface area contributed by atoms with Crippen molar-refractivity contribution in [3.63, 3.8) is 0 Å². The van der Waals surface area contributed by atoms with Crippen molar-refractivity contribution >= 4 is 21.6 Å². The predicted molar refractivity (Wildman–Crippen MR) is 75.4 cm³/mol. The van der Waals surface area contributed by atoms with Gasteiger partial charge in [0.05, 0.1) is 20.6 Å². The van der Waals surface area contributed by atoms with Crippen LogP contribution >= 0.6 is 7.82 Å². The van der Waals surface area contributed by atoms with Crippen molar-refractivity contribution in [3.8, 4) is 0 Å². The van der Waals surface area contributed by atoms with Crippen LogP contribution in [0.5, 0.6) is 0 Å². The van der Waals surface area contributed by atoms with E-state index in [9.17, 15) is 19.4 Å². The first-order valence-corrected chi connectivity index (χ1v) is 7.83. The Morgan fingerprint density at radius 3 is 2.45 bits per heavy atom. The number of amides is 1. The van der Waals surface area contributed by atoms with Gasteiger partial charge in [-0.2, -0.15) is 0 Å². The molecule has 0 aliphatic carbocycles. The summed E-state index contributed by atoms with van der Waals surface area (Å²) in [6, 6.07) is 0. The molecule has 0 bridgehead atoms. The fraction of sp³-hybridized carbons (Fsp3) is 0.909. The van der Waals surface area contributed by atoms with Gasteiger partial charge in [0.1, 0.15) is 6.10 Å². The van der Waals surface area contributed by atoms with E-state index in [1.807, 2.05) is 0 Å². The van der Waals surface area contributed by atoms with E-state index < -0.39 is 31.4 Å². The Labute approximate surface area is 121 Å². The summed E-state index contributed by atoms with van der Waals surface area (Å²) in [6.45, 7) is 6.18. The maximum Gasteiger partial charge on any atom is 0.472 e. The topological polar surface area (TPSA) is 105 Å². The van der Waals surface area contributed by atoms with Crippen molar-refractivity contribution in [2.24, 2.45) is 5.41 Å². The molecule has 116 valence electrons. The molecule has 0 rings (SSSR count). The summed E-state index contributed by atoms with van der Waals surface area (Å²) in [7, 11) is 1.04. The van der Waals surface area contributed by atoms with Crippen LogP contribution in [0.15, 0.2) is 0 Å². The van der Waals surface area contributed by atoms with Gasteiger partial charge in [-0.05, 0) is 13.8 Å². The van der Waals surface area contributed by atoms with Crippen molar-refractivity contribution in [3.05, 3.63) is 0 Å². The van der Waals surface area contributed by atoms with Gasteiger partial charge in [0.2, 0.25) is 5.91 Å². The third-order valence-corrected chi connectivity index (χ3v) is 3.52. The molecule has 0 fully saturated rings. The highest BCUT2D eigenvalue weighted by Gasteiger charge is 2.36. The van der Waals surface area contributed by atoms with E-state index in [4.69, 9.17) is 16.9 Å². The van der Waals surface area contributed by atoms with E-state index >= 15 is 0 Å². The Balaban J connectivity index is 4.50. The summed E-state index contributed by atoms with van der Waals surface area (Å²) < 4.78 is 21.1. The van der Waals surface area contributed by atoms with Gasteiger partial charge in [-0.3, -0.25) is 13.8 Å². The Morgan fingerprint density at radius 1 is 1.45 bits per heavy atom. The van der Waals surface area contributed by atoms with Gasteiger partial charge in [-0.25, -0.2) is 4.57 Å². The molecule has 0 heterocycles. The van der Waals surface area contributed by atoms with Gasteiger partial charge < -0.3 is 15.3 Å². The van der Waals surface area contributed by atoms with E-state index in [0.717, 1.165) is 0 Å². The highest BCUT2D eigenvalue weighted by molar-refractivity contribution is 7.47. The molecule has 0 aromatic carbocycles. The maximum absolute atomic E-state index is 11.6. The number of hydrogen-bond acceptors (Lipinski definition) is 5. The van der Waals surface area contributed by atoms with Gasteiger partial charge in [-0.1, -0.05) is 20.2 Å². The SMILES string of the molecule is [B]CCNC(=O)C(O)C(C)(C)COP(=O)(O)OC(C)C. The summed E-state index contributed by atoms with van der Waals surface area (Å²) in [4.78, 5) is 21.0. The number of carbonyl (C=O) groups excluding carboxylic acids is 1. The molecule has 0 aliphatic rings. The third-order valence-electron chi connectivity index (χ3n) is 2.38. The molecule has 7 nitrogen and oxygen atoms in total. The van der Waals surface area contributed by atoms with Crippen molar-refractivity contribution in [1.82, 2.24) is 5.32 Å². The Hall–Kier alpha value is -0.395. The van der Waals surface area contributed by atoms with E-state index in [-0.39, 0.29) is 19.5 Å². The van der Waals surface area contributed by atoms with Crippen LogP contribution in [0.1, 0.15) is 27.7 Å². The zero-order valence-electron chi connectivity index (χ0n) is 12.3. The largest absolute Gasteiger partial charge is 0.472 e. The van der Waals surface area contributed by atoms with Crippen LogP contribution in [0.3, 0.4) is 0 Å². The Bertz CT molecular complexity index is 363. The lowest BCUT2D eigenvalue weighted by Crippen LogP contribution is -2.46. The summed E-state index contributed by atoms with van der Waals surface area (Å²) in [5.41, 5.74) is -1.06. The number of phosphoric acid groups is 1. The number of aliphatic hydroxyl groups is 1. The second-order valence-electron chi connectivity index (χ2n) is 5.37. The smallest absolute Gasteiger partial charge is 0.383 e. The minimum absolute atomic E-state index is 0.238. The minimum Gasteiger partial charge on any atom is -0.383 e. The lowest BCUT2D eigenvalue weighted by Gasteiger charge is -2.30. The van der Waals surface area contributed by atoms with Crippen LogP contribution in [0.2, 0.25) is 6.32 Å². The molecular formula is C11H23BNO6P. The summed E-state index contributed by atoms with van der Waals surface area (Å²) in [5.74, 6) is -0.610. The van der Waals surface area contributed by atoms with Gasteiger partial charge in [0.25, 0.3) is 0 Å². The monoisotopic (exact) mass is 307 g/mol. The third kappa shape index (κ3) is 7.40. The highest BCUT2D eigenvalue weighted by atomic mass is 31.2. The average Bonchev–Trinajstić information content (AvgIpc) is 2.31. The number of rotatable bonds is 9. The molecule has 0 saturated carbocycles. The standard InChI is InChI=1S/C11H23BNO6P/c1-8(2)19-20(16,17)18-7-11(3,4)9(14)10(15)13-6-5-12/h8-9,14H,5-7H2,1-4H3,(H,13,15)(H,16,17). The van der Waals surface area contributed by atoms with Crippen molar-refractivity contribution < 1.29 is 28.4 Å². The first-order chi connectivity index (χ1) is 9.02. The highest BCUT2D eigenvalue weighted by Crippen LogP contribution is 2.46. The van der Waals surface area contributed by atoms with Gasteiger partial charge >= 0.3 is 7.82 Å². The molecule has 9 heteroatoms. The quantitative estimate of drug-likeness (QED) is 0.426. The molecule has 20 heavy (non-hydrogen) atoms. The second kappa shape index (κ2) is 8.15. The molecule has 0 spiro atoms. The molecular weight excluding hydrogens is 284 g/mol. The zero-order valence-corrected chi connectivity index (χ0v) is 13.2. The van der Waals surface area contributed by atoms with Crippen LogP contribution in [-0.4, -0.2) is 49.1 Å².